The van der Waals surface area contributed by atoms with Crippen LogP contribution in [-0.4, -0.2) is 35.6 Å². The zero-order valence-corrected chi connectivity index (χ0v) is 12.5. The molecule has 2 rings (SSSR count). The second-order valence-electron chi connectivity index (χ2n) is 4.64. The number of nitrogens with zero attached hydrogens (tertiary/aromatic N) is 1. The Balaban J connectivity index is 2.13. The molecule has 0 saturated carbocycles. The number of hydrogen-bond donors (Lipinski definition) is 2. The summed E-state index contributed by atoms with van der Waals surface area (Å²) in [5.74, 6) is -0.0119. The molecule has 1 aliphatic rings. The molecule has 4 nitrogen and oxygen atoms in total. The lowest BCUT2D eigenvalue weighted by molar-refractivity contribution is -0.122. The number of halogens is 1. The normalized spacial score (nSPS) is 15.1. The minimum absolute atomic E-state index is 0.0119. The van der Waals surface area contributed by atoms with Gasteiger partial charge in [0.05, 0.1) is 17.3 Å². The molecule has 19 heavy (non-hydrogen) atoms. The number of nitrogens with one attached hydrogen (secondary N) is 2. The van der Waals surface area contributed by atoms with Crippen LogP contribution in [-0.2, 0) is 4.79 Å². The summed E-state index contributed by atoms with van der Waals surface area (Å²) in [6.45, 7) is 5.58. The highest BCUT2D eigenvalue weighted by Gasteiger charge is 2.19. The first-order valence-corrected chi connectivity index (χ1v) is 6.85. The Hall–Kier alpha value is -1.33. The molecule has 0 atom stereocenters. The Kier molecular flexibility index (Phi) is 4.27. The first kappa shape index (κ1) is 14.1. The average molecular weight is 298 g/mol. The molecular formula is C13H16ClN3OS. The van der Waals surface area contributed by atoms with Gasteiger partial charge in [0.2, 0.25) is 5.91 Å². The molecule has 1 fully saturated rings. The average Bonchev–Trinajstić information content (AvgIpc) is 2.33. The van der Waals surface area contributed by atoms with Gasteiger partial charge in [0.25, 0.3) is 0 Å². The lowest BCUT2D eigenvalue weighted by atomic mass is 10.1. The Bertz CT molecular complexity index is 510. The third-order valence-electron chi connectivity index (χ3n) is 2.99. The van der Waals surface area contributed by atoms with Crippen molar-refractivity contribution in [3.63, 3.8) is 0 Å². The van der Waals surface area contributed by atoms with E-state index in [1.165, 1.54) is 0 Å². The summed E-state index contributed by atoms with van der Waals surface area (Å²) in [7, 11) is 0. The number of hydrogen-bond acceptors (Lipinski definition) is 2. The molecule has 0 aromatic heterocycles. The Morgan fingerprint density at radius 3 is 2.84 bits per heavy atom. The van der Waals surface area contributed by atoms with E-state index in [0.717, 1.165) is 16.8 Å². The van der Waals surface area contributed by atoms with E-state index in [4.69, 9.17) is 23.8 Å². The van der Waals surface area contributed by atoms with Gasteiger partial charge in [-0.05, 0) is 43.3 Å². The van der Waals surface area contributed by atoms with E-state index in [2.05, 4.69) is 10.6 Å². The predicted molar refractivity (Wildman–Crippen MR) is 81.7 cm³/mol. The maximum absolute atomic E-state index is 11.3. The molecule has 1 aromatic rings. The molecule has 0 radical (unpaired) electrons. The van der Waals surface area contributed by atoms with E-state index in [1.807, 2.05) is 30.9 Å². The van der Waals surface area contributed by atoms with Crippen molar-refractivity contribution in [2.75, 3.05) is 25.0 Å². The Morgan fingerprint density at radius 2 is 2.21 bits per heavy atom. The summed E-state index contributed by atoms with van der Waals surface area (Å²) in [4.78, 5) is 13.2. The molecule has 2 N–H and O–H groups in total. The van der Waals surface area contributed by atoms with Gasteiger partial charge in [-0.15, -0.1) is 0 Å². The second kappa shape index (κ2) is 5.75. The predicted octanol–water partition coefficient (Wildman–Crippen LogP) is 2.09. The smallest absolute Gasteiger partial charge is 0.239 e. The van der Waals surface area contributed by atoms with E-state index in [9.17, 15) is 4.79 Å². The number of carbonyl (C=O) groups excluding carboxylic acids is 1. The van der Waals surface area contributed by atoms with Crippen LogP contribution >= 0.6 is 23.8 Å². The number of carbonyl (C=O) groups is 1. The topological polar surface area (TPSA) is 44.4 Å². The fourth-order valence-electron chi connectivity index (χ4n) is 2.07. The van der Waals surface area contributed by atoms with E-state index in [-0.39, 0.29) is 12.5 Å². The number of amides is 1. The summed E-state index contributed by atoms with van der Waals surface area (Å²) in [5.41, 5.74) is 2.95. The third kappa shape index (κ3) is 3.36. The van der Waals surface area contributed by atoms with Gasteiger partial charge < -0.3 is 15.5 Å². The molecule has 0 unspecified atom stereocenters. The van der Waals surface area contributed by atoms with Crippen molar-refractivity contribution in [3.8, 4) is 0 Å². The summed E-state index contributed by atoms with van der Waals surface area (Å²) in [5, 5.41) is 7.08. The first-order chi connectivity index (χ1) is 8.97. The van der Waals surface area contributed by atoms with E-state index in [1.54, 1.807) is 0 Å². The molecular weight excluding hydrogens is 282 g/mol. The Morgan fingerprint density at radius 1 is 1.47 bits per heavy atom. The molecule has 0 spiro atoms. The maximum atomic E-state index is 11.3. The summed E-state index contributed by atoms with van der Waals surface area (Å²) >= 11 is 11.6. The Labute approximate surface area is 123 Å². The van der Waals surface area contributed by atoms with Crippen molar-refractivity contribution in [1.82, 2.24) is 10.2 Å². The molecule has 1 aliphatic heterocycles. The summed E-state index contributed by atoms with van der Waals surface area (Å²) < 4.78 is 0. The molecule has 6 heteroatoms. The molecule has 102 valence electrons. The van der Waals surface area contributed by atoms with Crippen molar-refractivity contribution in [2.45, 2.75) is 13.8 Å². The highest BCUT2D eigenvalue weighted by molar-refractivity contribution is 7.80. The van der Waals surface area contributed by atoms with Crippen LogP contribution in [0.15, 0.2) is 12.1 Å². The van der Waals surface area contributed by atoms with Gasteiger partial charge in [-0.25, -0.2) is 0 Å². The standard InChI is InChI=1S/C13H16ClN3OS/c1-8-5-9(2)12(10(14)6-8)16-13(19)17-4-3-15-11(18)7-17/h5-6H,3-4,7H2,1-2H3,(H,15,18)(H,16,19). The van der Waals surface area contributed by atoms with Crippen molar-refractivity contribution in [1.29, 1.82) is 0 Å². The van der Waals surface area contributed by atoms with Crippen molar-refractivity contribution in [3.05, 3.63) is 28.3 Å². The minimum Gasteiger partial charge on any atom is -0.353 e. The largest absolute Gasteiger partial charge is 0.353 e. The quantitative estimate of drug-likeness (QED) is 0.779. The fraction of sp³-hybridized carbons (Fsp3) is 0.385. The second-order valence-corrected chi connectivity index (χ2v) is 5.43. The number of thiocarbonyl (C=S) groups is 1. The lowest BCUT2D eigenvalue weighted by Crippen LogP contribution is -2.51. The first-order valence-electron chi connectivity index (χ1n) is 6.07. The van der Waals surface area contributed by atoms with Crippen LogP contribution in [0.25, 0.3) is 0 Å². The van der Waals surface area contributed by atoms with Crippen molar-refractivity contribution < 1.29 is 4.79 Å². The number of anilines is 1. The van der Waals surface area contributed by atoms with Crippen LogP contribution in [0.2, 0.25) is 5.02 Å². The van der Waals surface area contributed by atoms with Gasteiger partial charge in [0, 0.05) is 13.1 Å². The van der Waals surface area contributed by atoms with Gasteiger partial charge in [-0.3, -0.25) is 4.79 Å². The SMILES string of the molecule is Cc1cc(C)c(NC(=S)N2CCNC(=O)C2)c(Cl)c1. The van der Waals surface area contributed by atoms with Crippen molar-refractivity contribution in [2.24, 2.45) is 0 Å². The number of rotatable bonds is 1. The van der Waals surface area contributed by atoms with E-state index >= 15 is 0 Å². The summed E-state index contributed by atoms with van der Waals surface area (Å²) in [6.07, 6.45) is 0. The van der Waals surface area contributed by atoms with Crippen LogP contribution in [0.1, 0.15) is 11.1 Å². The van der Waals surface area contributed by atoms with Gasteiger partial charge >= 0.3 is 0 Å². The van der Waals surface area contributed by atoms with Gasteiger partial charge in [0.15, 0.2) is 5.11 Å². The number of piperazine rings is 1. The van der Waals surface area contributed by atoms with E-state index in [0.29, 0.717) is 23.2 Å². The molecule has 0 aliphatic carbocycles. The number of benzene rings is 1. The zero-order chi connectivity index (χ0) is 14.0. The summed E-state index contributed by atoms with van der Waals surface area (Å²) in [6, 6.07) is 3.93. The van der Waals surface area contributed by atoms with Crippen molar-refractivity contribution >= 4 is 40.5 Å². The maximum Gasteiger partial charge on any atom is 0.239 e. The monoisotopic (exact) mass is 297 g/mol. The molecule has 1 aromatic carbocycles. The van der Waals surface area contributed by atoms with Crippen LogP contribution in [0.4, 0.5) is 5.69 Å². The minimum atomic E-state index is -0.0119. The van der Waals surface area contributed by atoms with E-state index < -0.39 is 0 Å². The molecule has 1 amide bonds. The zero-order valence-electron chi connectivity index (χ0n) is 10.9. The van der Waals surface area contributed by atoms with Gasteiger partial charge in [-0.1, -0.05) is 17.7 Å². The molecule has 0 bridgehead atoms. The van der Waals surface area contributed by atoms with Crippen LogP contribution in [0, 0.1) is 13.8 Å². The van der Waals surface area contributed by atoms with Crippen LogP contribution in [0.5, 0.6) is 0 Å². The number of aryl methyl sites for hydroxylation is 2. The van der Waals surface area contributed by atoms with Gasteiger partial charge in [-0.2, -0.15) is 0 Å². The highest BCUT2D eigenvalue weighted by atomic mass is 35.5. The lowest BCUT2D eigenvalue weighted by Gasteiger charge is -2.29. The van der Waals surface area contributed by atoms with Crippen LogP contribution in [0.3, 0.4) is 0 Å². The fourth-order valence-corrected chi connectivity index (χ4v) is 2.70. The van der Waals surface area contributed by atoms with Crippen LogP contribution < -0.4 is 10.6 Å². The highest BCUT2D eigenvalue weighted by Crippen LogP contribution is 2.27. The molecule has 1 heterocycles. The third-order valence-corrected chi connectivity index (χ3v) is 3.65. The van der Waals surface area contributed by atoms with Gasteiger partial charge in [0.1, 0.15) is 0 Å². The molecule has 1 saturated heterocycles.